The van der Waals surface area contributed by atoms with Crippen LogP contribution in [0, 0.1) is 6.92 Å². The molecule has 0 saturated carbocycles. The van der Waals surface area contributed by atoms with Crippen molar-refractivity contribution in [1.29, 1.82) is 0 Å². The minimum absolute atomic E-state index is 0.0904. The van der Waals surface area contributed by atoms with Crippen molar-refractivity contribution in [3.05, 3.63) is 35.4 Å². The number of hydrogen-bond donors (Lipinski definition) is 1. The van der Waals surface area contributed by atoms with Crippen LogP contribution >= 0.6 is 15.9 Å². The normalized spacial score (nSPS) is 12.2. The van der Waals surface area contributed by atoms with E-state index in [2.05, 4.69) is 40.3 Å². The number of aryl methyl sites for hydroxylation is 1. The van der Waals surface area contributed by atoms with Gasteiger partial charge in [0.25, 0.3) is 0 Å². The van der Waals surface area contributed by atoms with Crippen LogP contribution in [0.25, 0.3) is 0 Å². The molecule has 1 N–H and O–H groups in total. The predicted molar refractivity (Wildman–Crippen MR) is 75.4 cm³/mol. The summed E-state index contributed by atoms with van der Waals surface area (Å²) in [7, 11) is 0. The Hall–Kier alpha value is -0.830. The highest BCUT2D eigenvalue weighted by molar-refractivity contribution is 9.09. The lowest BCUT2D eigenvalue weighted by atomic mass is 10.0. The average Bonchev–Trinajstić information content (AvgIpc) is 2.29. The summed E-state index contributed by atoms with van der Waals surface area (Å²) in [5.41, 5.74) is 2.42. The highest BCUT2D eigenvalue weighted by Gasteiger charge is 2.10. The van der Waals surface area contributed by atoms with Gasteiger partial charge in [-0.2, -0.15) is 0 Å². The lowest BCUT2D eigenvalue weighted by molar-refractivity contribution is -0.121. The second-order valence-electron chi connectivity index (χ2n) is 4.29. The molecule has 1 atom stereocenters. The van der Waals surface area contributed by atoms with Crippen LogP contribution in [0.3, 0.4) is 0 Å². The molecule has 0 radical (unpaired) electrons. The Morgan fingerprint density at radius 3 is 2.71 bits per heavy atom. The Morgan fingerprint density at radius 2 is 2.06 bits per heavy atom. The van der Waals surface area contributed by atoms with Crippen LogP contribution in [0.15, 0.2) is 24.3 Å². The van der Waals surface area contributed by atoms with Crippen LogP contribution in [-0.4, -0.2) is 11.2 Å². The molecule has 2 nitrogen and oxygen atoms in total. The minimum atomic E-state index is 0.0904. The van der Waals surface area contributed by atoms with Gasteiger partial charge in [0.1, 0.15) is 0 Å². The van der Waals surface area contributed by atoms with Gasteiger partial charge in [0.2, 0.25) is 5.91 Å². The number of carbonyl (C=O) groups is 1. The molecule has 0 unspecified atom stereocenters. The first-order valence-corrected chi connectivity index (χ1v) is 7.18. The van der Waals surface area contributed by atoms with Gasteiger partial charge < -0.3 is 5.32 Å². The molecule has 0 fully saturated rings. The molecule has 0 aliphatic rings. The third kappa shape index (κ3) is 4.90. The standard InChI is InChI=1S/C14H20BrNO/c1-11-7-3-4-8-13(11)12(2)16-14(17)9-5-6-10-15/h3-4,7-8,12H,5-6,9-10H2,1-2H3,(H,16,17)/t12-/m0/s1. The van der Waals surface area contributed by atoms with E-state index in [1.165, 1.54) is 11.1 Å². The van der Waals surface area contributed by atoms with Crippen LogP contribution in [0.4, 0.5) is 0 Å². The van der Waals surface area contributed by atoms with Gasteiger partial charge >= 0.3 is 0 Å². The number of hydrogen-bond acceptors (Lipinski definition) is 1. The van der Waals surface area contributed by atoms with Gasteiger partial charge in [-0.25, -0.2) is 0 Å². The number of benzene rings is 1. The van der Waals surface area contributed by atoms with Crippen molar-refractivity contribution in [2.45, 2.75) is 39.2 Å². The van der Waals surface area contributed by atoms with E-state index < -0.39 is 0 Å². The van der Waals surface area contributed by atoms with E-state index in [0.29, 0.717) is 6.42 Å². The number of nitrogens with one attached hydrogen (secondary N) is 1. The molecule has 0 spiro atoms. The maximum absolute atomic E-state index is 11.7. The monoisotopic (exact) mass is 297 g/mol. The van der Waals surface area contributed by atoms with E-state index in [0.717, 1.165) is 18.2 Å². The van der Waals surface area contributed by atoms with Gasteiger partial charge in [0, 0.05) is 11.8 Å². The Labute approximate surface area is 112 Å². The lowest BCUT2D eigenvalue weighted by Gasteiger charge is -2.16. The third-order valence-corrected chi connectivity index (χ3v) is 3.38. The summed E-state index contributed by atoms with van der Waals surface area (Å²) in [6.45, 7) is 4.10. The van der Waals surface area contributed by atoms with Crippen molar-refractivity contribution in [3.63, 3.8) is 0 Å². The Balaban J connectivity index is 2.46. The Bertz CT molecular complexity index is 365. The zero-order chi connectivity index (χ0) is 12.7. The Morgan fingerprint density at radius 1 is 1.35 bits per heavy atom. The molecule has 0 heterocycles. The first-order valence-electron chi connectivity index (χ1n) is 6.06. The zero-order valence-electron chi connectivity index (χ0n) is 10.5. The molecule has 0 aliphatic heterocycles. The van der Waals surface area contributed by atoms with Gasteiger partial charge in [0.05, 0.1) is 6.04 Å². The van der Waals surface area contributed by atoms with E-state index in [1.807, 2.05) is 19.1 Å². The highest BCUT2D eigenvalue weighted by Crippen LogP contribution is 2.16. The summed E-state index contributed by atoms with van der Waals surface area (Å²) in [6.07, 6.45) is 2.60. The maximum atomic E-state index is 11.7. The van der Waals surface area contributed by atoms with E-state index in [1.54, 1.807) is 0 Å². The molecule has 0 aliphatic carbocycles. The van der Waals surface area contributed by atoms with Crippen LogP contribution in [-0.2, 0) is 4.79 Å². The first-order chi connectivity index (χ1) is 8.15. The summed E-state index contributed by atoms with van der Waals surface area (Å²) in [5, 5.41) is 4.01. The zero-order valence-corrected chi connectivity index (χ0v) is 12.1. The first kappa shape index (κ1) is 14.2. The molecular weight excluding hydrogens is 278 g/mol. The van der Waals surface area contributed by atoms with Gasteiger partial charge in [-0.1, -0.05) is 40.2 Å². The van der Waals surface area contributed by atoms with Crippen molar-refractivity contribution in [3.8, 4) is 0 Å². The summed E-state index contributed by atoms with van der Waals surface area (Å²) in [5.74, 6) is 0.140. The van der Waals surface area contributed by atoms with Crippen molar-refractivity contribution in [1.82, 2.24) is 5.32 Å². The molecular formula is C14H20BrNO. The largest absolute Gasteiger partial charge is 0.350 e. The summed E-state index contributed by atoms with van der Waals surface area (Å²) in [4.78, 5) is 11.7. The fraction of sp³-hybridized carbons (Fsp3) is 0.500. The van der Waals surface area contributed by atoms with E-state index in [9.17, 15) is 4.79 Å². The highest BCUT2D eigenvalue weighted by atomic mass is 79.9. The second kappa shape index (κ2) is 7.49. The van der Waals surface area contributed by atoms with Crippen molar-refractivity contribution >= 4 is 21.8 Å². The molecule has 94 valence electrons. The maximum Gasteiger partial charge on any atom is 0.220 e. The second-order valence-corrected chi connectivity index (χ2v) is 5.08. The van der Waals surface area contributed by atoms with Crippen LogP contribution < -0.4 is 5.32 Å². The van der Waals surface area contributed by atoms with Crippen molar-refractivity contribution in [2.75, 3.05) is 5.33 Å². The molecule has 1 aromatic rings. The summed E-state index contributed by atoms with van der Waals surface area (Å²) < 4.78 is 0. The molecule has 17 heavy (non-hydrogen) atoms. The molecule has 3 heteroatoms. The van der Waals surface area contributed by atoms with Crippen LogP contribution in [0.5, 0.6) is 0 Å². The quantitative estimate of drug-likeness (QED) is 0.629. The fourth-order valence-electron chi connectivity index (χ4n) is 1.84. The molecule has 1 aromatic carbocycles. The summed E-state index contributed by atoms with van der Waals surface area (Å²) >= 11 is 3.36. The minimum Gasteiger partial charge on any atom is -0.350 e. The van der Waals surface area contributed by atoms with Gasteiger partial charge in [-0.3, -0.25) is 4.79 Å². The van der Waals surface area contributed by atoms with Gasteiger partial charge in [0.15, 0.2) is 0 Å². The Kier molecular flexibility index (Phi) is 6.27. The van der Waals surface area contributed by atoms with Crippen molar-refractivity contribution < 1.29 is 4.79 Å². The molecule has 0 aromatic heterocycles. The number of rotatable bonds is 6. The van der Waals surface area contributed by atoms with Crippen LogP contribution in [0.1, 0.15) is 43.4 Å². The average molecular weight is 298 g/mol. The number of carbonyl (C=O) groups excluding carboxylic acids is 1. The van der Waals surface area contributed by atoms with Crippen LogP contribution in [0.2, 0.25) is 0 Å². The molecule has 1 rings (SSSR count). The topological polar surface area (TPSA) is 29.1 Å². The lowest BCUT2D eigenvalue weighted by Crippen LogP contribution is -2.26. The van der Waals surface area contributed by atoms with Gasteiger partial charge in [-0.05, 0) is 37.8 Å². The van der Waals surface area contributed by atoms with E-state index in [-0.39, 0.29) is 11.9 Å². The molecule has 0 bridgehead atoms. The number of amides is 1. The fourth-order valence-corrected chi connectivity index (χ4v) is 2.24. The smallest absolute Gasteiger partial charge is 0.220 e. The SMILES string of the molecule is Cc1ccccc1[C@H](C)NC(=O)CCCCBr. The van der Waals surface area contributed by atoms with E-state index >= 15 is 0 Å². The molecule has 1 amide bonds. The third-order valence-electron chi connectivity index (χ3n) is 2.82. The van der Waals surface area contributed by atoms with Gasteiger partial charge in [-0.15, -0.1) is 0 Å². The van der Waals surface area contributed by atoms with E-state index in [4.69, 9.17) is 0 Å². The van der Waals surface area contributed by atoms with Crippen molar-refractivity contribution in [2.24, 2.45) is 0 Å². The molecule has 0 saturated heterocycles. The number of halogens is 1. The summed E-state index contributed by atoms with van der Waals surface area (Å²) in [6, 6.07) is 8.26. The number of unbranched alkanes of at least 4 members (excludes halogenated alkanes) is 1. The number of alkyl halides is 1. The predicted octanol–water partition coefficient (Wildman–Crippen LogP) is 3.74.